The molecule has 1 aliphatic rings. The molecule has 1 aliphatic heterocycles. The molecule has 0 atom stereocenters. The van der Waals surface area contributed by atoms with Crippen molar-refractivity contribution in [1.82, 2.24) is 19.7 Å². The van der Waals surface area contributed by atoms with Crippen LogP contribution in [0, 0.1) is 36.8 Å². The lowest BCUT2D eigenvalue weighted by Gasteiger charge is -2.31. The van der Waals surface area contributed by atoms with Crippen LogP contribution in [0.3, 0.4) is 0 Å². The predicted octanol–water partition coefficient (Wildman–Crippen LogP) is 2.42. The molecule has 9 nitrogen and oxygen atoms in total. The van der Waals surface area contributed by atoms with Crippen molar-refractivity contribution in [3.05, 3.63) is 45.4 Å². The molecule has 0 radical (unpaired) electrons. The highest BCUT2D eigenvalue weighted by Crippen LogP contribution is 2.24. The first-order valence-corrected chi connectivity index (χ1v) is 9.00. The highest BCUT2D eigenvalue weighted by molar-refractivity contribution is 5.92. The lowest BCUT2D eigenvalue weighted by molar-refractivity contribution is -0.386. The fourth-order valence-corrected chi connectivity index (χ4v) is 3.45. The Morgan fingerprint density at radius 3 is 2.63 bits per heavy atom. The summed E-state index contributed by atoms with van der Waals surface area (Å²) in [5.41, 5.74) is 2.00. The lowest BCUT2D eigenvalue weighted by atomic mass is 9.96. The number of piperidine rings is 1. The van der Waals surface area contributed by atoms with Crippen molar-refractivity contribution in [3.63, 3.8) is 0 Å². The van der Waals surface area contributed by atoms with Gasteiger partial charge in [0.1, 0.15) is 17.2 Å². The van der Waals surface area contributed by atoms with Crippen LogP contribution < -0.4 is 5.32 Å². The quantitative estimate of drug-likeness (QED) is 0.638. The van der Waals surface area contributed by atoms with Gasteiger partial charge in [0.2, 0.25) is 5.91 Å². The van der Waals surface area contributed by atoms with Crippen molar-refractivity contribution >= 4 is 17.4 Å². The molecule has 9 heteroatoms. The first-order chi connectivity index (χ1) is 12.9. The SMILES string of the molecule is Cc1cccnc1NC(=O)C1CCN(Cn2nc(C)c([N+](=O)[O-])c2C)CC1. The number of rotatable bonds is 5. The maximum atomic E-state index is 12.5. The molecule has 0 unspecified atom stereocenters. The summed E-state index contributed by atoms with van der Waals surface area (Å²) in [7, 11) is 0. The van der Waals surface area contributed by atoms with Gasteiger partial charge in [0, 0.05) is 25.2 Å². The van der Waals surface area contributed by atoms with E-state index in [0.29, 0.717) is 23.9 Å². The van der Waals surface area contributed by atoms with Crippen LogP contribution in [-0.4, -0.2) is 43.6 Å². The number of pyridine rings is 1. The van der Waals surface area contributed by atoms with Crippen molar-refractivity contribution in [2.75, 3.05) is 18.4 Å². The summed E-state index contributed by atoms with van der Waals surface area (Å²) >= 11 is 0. The van der Waals surface area contributed by atoms with Crippen molar-refractivity contribution in [3.8, 4) is 0 Å². The Morgan fingerprint density at radius 2 is 2.04 bits per heavy atom. The molecule has 2 aromatic heterocycles. The summed E-state index contributed by atoms with van der Waals surface area (Å²) in [6.07, 6.45) is 3.14. The topological polar surface area (TPSA) is 106 Å². The van der Waals surface area contributed by atoms with Gasteiger partial charge in [0.25, 0.3) is 0 Å². The van der Waals surface area contributed by atoms with Gasteiger partial charge < -0.3 is 5.32 Å². The lowest BCUT2D eigenvalue weighted by Crippen LogP contribution is -2.39. The zero-order chi connectivity index (χ0) is 19.6. The zero-order valence-electron chi connectivity index (χ0n) is 15.8. The van der Waals surface area contributed by atoms with E-state index in [1.807, 2.05) is 19.1 Å². The largest absolute Gasteiger partial charge is 0.312 e. The summed E-state index contributed by atoms with van der Waals surface area (Å²) in [6, 6.07) is 3.76. The molecule has 144 valence electrons. The molecular weight excluding hydrogens is 348 g/mol. The minimum Gasteiger partial charge on any atom is -0.310 e. The summed E-state index contributed by atoms with van der Waals surface area (Å²) in [4.78, 5) is 29.6. The number of hydrogen-bond acceptors (Lipinski definition) is 6. The summed E-state index contributed by atoms with van der Waals surface area (Å²) in [5.74, 6) is 0.551. The van der Waals surface area contributed by atoms with E-state index >= 15 is 0 Å². The minimum atomic E-state index is -0.385. The monoisotopic (exact) mass is 372 g/mol. The van der Waals surface area contributed by atoms with E-state index in [1.54, 1.807) is 24.7 Å². The number of amides is 1. The van der Waals surface area contributed by atoms with Gasteiger partial charge in [-0.05, 0) is 45.2 Å². The zero-order valence-corrected chi connectivity index (χ0v) is 15.8. The fourth-order valence-electron chi connectivity index (χ4n) is 3.45. The van der Waals surface area contributed by atoms with Gasteiger partial charge in [-0.15, -0.1) is 0 Å². The molecule has 1 N–H and O–H groups in total. The second-order valence-corrected chi connectivity index (χ2v) is 6.97. The number of nitrogens with zero attached hydrogens (tertiary/aromatic N) is 5. The molecule has 3 rings (SSSR count). The molecule has 0 saturated carbocycles. The van der Waals surface area contributed by atoms with Gasteiger partial charge in [0.15, 0.2) is 0 Å². The average Bonchev–Trinajstić information content (AvgIpc) is 2.91. The number of aryl methyl sites for hydroxylation is 2. The van der Waals surface area contributed by atoms with Crippen molar-refractivity contribution in [2.45, 2.75) is 40.3 Å². The van der Waals surface area contributed by atoms with Crippen LogP contribution in [0.1, 0.15) is 29.8 Å². The maximum absolute atomic E-state index is 12.5. The van der Waals surface area contributed by atoms with Gasteiger partial charge in [-0.1, -0.05) is 6.07 Å². The van der Waals surface area contributed by atoms with Crippen molar-refractivity contribution < 1.29 is 9.72 Å². The number of nitro groups is 1. The number of likely N-dealkylation sites (tertiary alicyclic amines) is 1. The Labute approximate surface area is 157 Å². The Morgan fingerprint density at radius 1 is 1.33 bits per heavy atom. The van der Waals surface area contributed by atoms with E-state index in [-0.39, 0.29) is 22.4 Å². The Hall–Kier alpha value is -2.81. The molecule has 0 spiro atoms. The second kappa shape index (κ2) is 7.83. The predicted molar refractivity (Wildman–Crippen MR) is 100 cm³/mol. The smallest absolute Gasteiger partial charge is 0.310 e. The molecule has 0 aromatic carbocycles. The van der Waals surface area contributed by atoms with Crippen LogP contribution >= 0.6 is 0 Å². The molecule has 3 heterocycles. The molecule has 1 fully saturated rings. The number of anilines is 1. The average molecular weight is 372 g/mol. The first-order valence-electron chi connectivity index (χ1n) is 9.00. The van der Waals surface area contributed by atoms with E-state index in [0.717, 1.165) is 31.5 Å². The second-order valence-electron chi connectivity index (χ2n) is 6.97. The summed E-state index contributed by atoms with van der Waals surface area (Å²) in [5, 5.41) is 18.3. The third-order valence-electron chi connectivity index (χ3n) is 5.07. The van der Waals surface area contributed by atoms with Gasteiger partial charge in [-0.3, -0.25) is 19.8 Å². The van der Waals surface area contributed by atoms with Crippen LogP contribution in [0.2, 0.25) is 0 Å². The number of carbonyl (C=O) groups is 1. The maximum Gasteiger partial charge on any atom is 0.312 e. The van der Waals surface area contributed by atoms with Crippen LogP contribution in [-0.2, 0) is 11.5 Å². The van der Waals surface area contributed by atoms with Crippen molar-refractivity contribution in [2.24, 2.45) is 5.92 Å². The molecule has 1 saturated heterocycles. The van der Waals surface area contributed by atoms with Gasteiger partial charge in [0.05, 0.1) is 11.6 Å². The Balaban J connectivity index is 1.56. The van der Waals surface area contributed by atoms with Crippen molar-refractivity contribution in [1.29, 1.82) is 0 Å². The number of nitrogens with one attached hydrogen (secondary N) is 1. The molecule has 1 amide bonds. The molecular formula is C18H24N6O3. The van der Waals surface area contributed by atoms with E-state index in [4.69, 9.17) is 0 Å². The summed E-state index contributed by atoms with van der Waals surface area (Å²) < 4.78 is 1.67. The van der Waals surface area contributed by atoms with E-state index in [1.165, 1.54) is 0 Å². The molecule has 0 bridgehead atoms. The molecule has 27 heavy (non-hydrogen) atoms. The minimum absolute atomic E-state index is 0.00166. The van der Waals surface area contributed by atoms with Crippen LogP contribution in [0.15, 0.2) is 18.3 Å². The van der Waals surface area contributed by atoms with Gasteiger partial charge >= 0.3 is 5.69 Å². The van der Waals surface area contributed by atoms with E-state index in [2.05, 4.69) is 20.3 Å². The van der Waals surface area contributed by atoms with Crippen LogP contribution in [0.25, 0.3) is 0 Å². The molecule has 0 aliphatic carbocycles. The Bertz CT molecular complexity index is 855. The van der Waals surface area contributed by atoms with Crippen LogP contribution in [0.4, 0.5) is 11.5 Å². The fraction of sp³-hybridized carbons (Fsp3) is 0.500. The van der Waals surface area contributed by atoms with Gasteiger partial charge in [-0.2, -0.15) is 5.10 Å². The number of carbonyl (C=O) groups excluding carboxylic acids is 1. The number of aromatic nitrogens is 3. The van der Waals surface area contributed by atoms with Crippen LogP contribution in [0.5, 0.6) is 0 Å². The number of hydrogen-bond donors (Lipinski definition) is 1. The normalized spacial score (nSPS) is 15.7. The van der Waals surface area contributed by atoms with Gasteiger partial charge in [-0.25, -0.2) is 9.67 Å². The molecule has 2 aromatic rings. The van der Waals surface area contributed by atoms with E-state index < -0.39 is 0 Å². The Kier molecular flexibility index (Phi) is 5.50. The highest BCUT2D eigenvalue weighted by atomic mass is 16.6. The third-order valence-corrected chi connectivity index (χ3v) is 5.07. The first kappa shape index (κ1) is 19.0. The highest BCUT2D eigenvalue weighted by Gasteiger charge is 2.27. The third kappa shape index (κ3) is 4.13. The standard InChI is InChI=1S/C18H24N6O3/c1-12-5-4-8-19-17(12)20-18(25)15-6-9-22(10-7-15)11-23-14(3)16(24(26)27)13(2)21-23/h4-5,8,15H,6-7,9-11H2,1-3H3,(H,19,20,25). The summed E-state index contributed by atoms with van der Waals surface area (Å²) in [6.45, 7) is 7.26. The van der Waals surface area contributed by atoms with E-state index in [9.17, 15) is 14.9 Å².